The van der Waals surface area contributed by atoms with Crippen molar-refractivity contribution in [3.05, 3.63) is 29.8 Å². The molecule has 0 radical (unpaired) electrons. The van der Waals surface area contributed by atoms with E-state index in [4.69, 9.17) is 0 Å². The molecular formula is C13H19NO2S. The molecule has 0 aliphatic carbocycles. The van der Waals surface area contributed by atoms with Crippen LogP contribution in [-0.2, 0) is 9.84 Å². The van der Waals surface area contributed by atoms with Crippen LogP contribution < -0.4 is 5.32 Å². The Labute approximate surface area is 103 Å². The van der Waals surface area contributed by atoms with Crippen LogP contribution in [0.1, 0.15) is 31.4 Å². The zero-order valence-electron chi connectivity index (χ0n) is 10.3. The first kappa shape index (κ1) is 12.6. The van der Waals surface area contributed by atoms with Gasteiger partial charge in [-0.3, -0.25) is 0 Å². The summed E-state index contributed by atoms with van der Waals surface area (Å²) < 4.78 is 22.7. The van der Waals surface area contributed by atoms with Gasteiger partial charge in [-0.2, -0.15) is 0 Å². The summed E-state index contributed by atoms with van der Waals surface area (Å²) in [5.41, 5.74) is 1.18. The maximum Gasteiger partial charge on any atom is 0.175 e. The van der Waals surface area contributed by atoms with Crippen molar-refractivity contribution in [2.24, 2.45) is 5.92 Å². The van der Waals surface area contributed by atoms with E-state index in [9.17, 15) is 8.42 Å². The van der Waals surface area contributed by atoms with E-state index in [1.807, 2.05) is 12.1 Å². The van der Waals surface area contributed by atoms with Crippen LogP contribution in [0.3, 0.4) is 0 Å². The molecule has 2 atom stereocenters. The minimum Gasteiger partial charge on any atom is -0.310 e. The Hall–Kier alpha value is -0.870. The third-order valence-corrected chi connectivity index (χ3v) is 4.50. The molecule has 1 aliphatic rings. The van der Waals surface area contributed by atoms with Crippen molar-refractivity contribution in [1.82, 2.24) is 5.32 Å². The van der Waals surface area contributed by atoms with E-state index >= 15 is 0 Å². The summed E-state index contributed by atoms with van der Waals surface area (Å²) in [6.07, 6.45) is 3.59. The van der Waals surface area contributed by atoms with Crippen molar-refractivity contribution in [3.8, 4) is 0 Å². The lowest BCUT2D eigenvalue weighted by atomic mass is 9.92. The van der Waals surface area contributed by atoms with Crippen LogP contribution in [0, 0.1) is 5.92 Å². The summed E-state index contributed by atoms with van der Waals surface area (Å²) in [7, 11) is -3.08. The second kappa shape index (κ2) is 4.78. The summed E-state index contributed by atoms with van der Waals surface area (Å²) in [6.45, 7) is 3.29. The smallest absolute Gasteiger partial charge is 0.175 e. The first-order valence-electron chi connectivity index (χ1n) is 6.00. The van der Waals surface area contributed by atoms with Crippen molar-refractivity contribution in [3.63, 3.8) is 0 Å². The van der Waals surface area contributed by atoms with Crippen LogP contribution in [-0.4, -0.2) is 21.2 Å². The number of sulfone groups is 1. The molecule has 4 heteroatoms. The number of benzene rings is 1. The summed E-state index contributed by atoms with van der Waals surface area (Å²) in [6, 6.07) is 7.61. The summed E-state index contributed by atoms with van der Waals surface area (Å²) in [5.74, 6) is 0.738. The molecule has 2 rings (SSSR count). The van der Waals surface area contributed by atoms with Crippen molar-refractivity contribution in [2.45, 2.75) is 30.7 Å². The van der Waals surface area contributed by atoms with E-state index in [0.29, 0.717) is 10.9 Å². The van der Waals surface area contributed by atoms with Gasteiger partial charge in [0.2, 0.25) is 0 Å². The molecule has 1 fully saturated rings. The van der Waals surface area contributed by atoms with Gasteiger partial charge in [0.15, 0.2) is 9.84 Å². The largest absolute Gasteiger partial charge is 0.310 e. The molecule has 1 aromatic carbocycles. The van der Waals surface area contributed by atoms with Gasteiger partial charge < -0.3 is 5.32 Å². The zero-order valence-corrected chi connectivity index (χ0v) is 11.1. The average molecular weight is 253 g/mol. The van der Waals surface area contributed by atoms with Crippen molar-refractivity contribution >= 4 is 9.84 Å². The summed E-state index contributed by atoms with van der Waals surface area (Å²) >= 11 is 0. The predicted molar refractivity (Wildman–Crippen MR) is 68.7 cm³/mol. The highest BCUT2D eigenvalue weighted by molar-refractivity contribution is 7.90. The highest BCUT2D eigenvalue weighted by Gasteiger charge is 2.19. The maximum absolute atomic E-state index is 11.3. The number of hydrogen-bond acceptors (Lipinski definition) is 3. The minimum absolute atomic E-state index is 0.375. The van der Waals surface area contributed by atoms with E-state index in [0.717, 1.165) is 18.9 Å². The molecule has 1 unspecified atom stereocenters. The molecule has 1 saturated heterocycles. The van der Waals surface area contributed by atoms with E-state index < -0.39 is 9.84 Å². The lowest BCUT2D eigenvalue weighted by molar-refractivity contribution is 0.333. The molecule has 3 nitrogen and oxygen atoms in total. The fraction of sp³-hybridized carbons (Fsp3) is 0.538. The number of nitrogens with one attached hydrogen (secondary N) is 1. The Morgan fingerprint density at radius 2 is 1.82 bits per heavy atom. The van der Waals surface area contributed by atoms with Gasteiger partial charge in [-0.1, -0.05) is 19.1 Å². The van der Waals surface area contributed by atoms with Crippen LogP contribution in [0.5, 0.6) is 0 Å². The van der Waals surface area contributed by atoms with Crippen LogP contribution in [0.4, 0.5) is 0 Å². The van der Waals surface area contributed by atoms with Gasteiger partial charge >= 0.3 is 0 Å². The Balaban J connectivity index is 2.13. The zero-order chi connectivity index (χ0) is 12.5. The van der Waals surface area contributed by atoms with Gasteiger partial charge in [-0.05, 0) is 43.0 Å². The van der Waals surface area contributed by atoms with Crippen molar-refractivity contribution in [1.29, 1.82) is 0 Å². The SMILES string of the molecule is CC1CC[C@@H](c2ccc(S(C)(=O)=O)cc2)NC1. The lowest BCUT2D eigenvalue weighted by Crippen LogP contribution is -2.31. The third kappa shape index (κ3) is 3.07. The minimum atomic E-state index is -3.08. The normalized spacial score (nSPS) is 25.8. The van der Waals surface area contributed by atoms with Crippen LogP contribution in [0.25, 0.3) is 0 Å². The molecule has 94 valence electrons. The van der Waals surface area contributed by atoms with Gasteiger partial charge in [0.25, 0.3) is 0 Å². The Bertz CT molecular complexity index is 471. The molecule has 0 amide bonds. The second-order valence-electron chi connectivity index (χ2n) is 4.98. The highest BCUT2D eigenvalue weighted by Crippen LogP contribution is 2.26. The highest BCUT2D eigenvalue weighted by atomic mass is 32.2. The standard InChI is InChI=1S/C13H19NO2S/c1-10-3-8-13(14-9-10)11-4-6-12(7-5-11)17(2,15)16/h4-7,10,13-14H,3,8-9H2,1-2H3/t10?,13-/m0/s1. The molecule has 0 aromatic heterocycles. The Morgan fingerprint density at radius 3 is 2.29 bits per heavy atom. The summed E-state index contributed by atoms with van der Waals surface area (Å²) in [4.78, 5) is 0.394. The Morgan fingerprint density at radius 1 is 1.18 bits per heavy atom. The van der Waals surface area contributed by atoms with Crippen LogP contribution >= 0.6 is 0 Å². The first-order chi connectivity index (χ1) is 7.97. The average Bonchev–Trinajstić information content (AvgIpc) is 2.29. The van der Waals surface area contributed by atoms with Crippen molar-refractivity contribution in [2.75, 3.05) is 12.8 Å². The molecule has 0 bridgehead atoms. The van der Waals surface area contributed by atoms with Gasteiger partial charge in [-0.25, -0.2) is 8.42 Å². The number of rotatable bonds is 2. The summed E-state index contributed by atoms with van der Waals surface area (Å²) in [5, 5.41) is 3.49. The molecular weight excluding hydrogens is 234 g/mol. The molecule has 17 heavy (non-hydrogen) atoms. The van der Waals surface area contributed by atoms with E-state index in [-0.39, 0.29) is 0 Å². The van der Waals surface area contributed by atoms with Crippen LogP contribution in [0.2, 0.25) is 0 Å². The topological polar surface area (TPSA) is 46.2 Å². The molecule has 1 heterocycles. The van der Waals surface area contributed by atoms with Gasteiger partial charge in [0.05, 0.1) is 4.90 Å². The molecule has 1 aliphatic heterocycles. The van der Waals surface area contributed by atoms with Gasteiger partial charge in [-0.15, -0.1) is 0 Å². The van der Waals surface area contributed by atoms with Gasteiger partial charge in [0, 0.05) is 12.3 Å². The van der Waals surface area contributed by atoms with Crippen LogP contribution in [0.15, 0.2) is 29.2 Å². The Kier molecular flexibility index (Phi) is 3.54. The molecule has 1 N–H and O–H groups in total. The maximum atomic E-state index is 11.3. The third-order valence-electron chi connectivity index (χ3n) is 3.37. The van der Waals surface area contributed by atoms with E-state index in [2.05, 4.69) is 12.2 Å². The van der Waals surface area contributed by atoms with E-state index in [1.165, 1.54) is 18.2 Å². The second-order valence-corrected chi connectivity index (χ2v) is 7.00. The molecule has 0 spiro atoms. The monoisotopic (exact) mass is 253 g/mol. The fourth-order valence-corrected chi connectivity index (χ4v) is 2.86. The number of piperidine rings is 1. The van der Waals surface area contributed by atoms with Gasteiger partial charge in [0.1, 0.15) is 0 Å². The quantitative estimate of drug-likeness (QED) is 0.878. The molecule has 0 saturated carbocycles. The first-order valence-corrected chi connectivity index (χ1v) is 7.89. The lowest BCUT2D eigenvalue weighted by Gasteiger charge is -2.28. The number of hydrogen-bond donors (Lipinski definition) is 1. The van der Waals surface area contributed by atoms with E-state index in [1.54, 1.807) is 12.1 Å². The predicted octanol–water partition coefficient (Wildman–Crippen LogP) is 2.15. The molecule has 1 aromatic rings. The fourth-order valence-electron chi connectivity index (χ4n) is 2.23. The van der Waals surface area contributed by atoms with Crippen molar-refractivity contribution < 1.29 is 8.42 Å².